The summed E-state index contributed by atoms with van der Waals surface area (Å²) in [5, 5.41) is 10.1. The van der Waals surface area contributed by atoms with Crippen molar-refractivity contribution in [3.63, 3.8) is 0 Å². The molecule has 67 heavy (non-hydrogen) atoms. The highest BCUT2D eigenvalue weighted by atomic mass is 15.1. The minimum Gasteiger partial charge on any atom is -0.306 e. The van der Waals surface area contributed by atoms with Crippen LogP contribution in [0.3, 0.4) is 0 Å². The third-order valence-electron chi connectivity index (χ3n) is 16.1. The van der Waals surface area contributed by atoms with Crippen LogP contribution in [0.2, 0.25) is 0 Å². The number of hydrogen-bond acceptors (Lipinski definition) is 2. The van der Waals surface area contributed by atoms with Crippen molar-refractivity contribution in [1.29, 1.82) is 0 Å². The van der Waals surface area contributed by atoms with E-state index in [1.165, 1.54) is 148 Å². The number of hydrogen-bond donors (Lipinski definition) is 0. The van der Waals surface area contributed by atoms with Crippen LogP contribution in [-0.4, -0.2) is 34.6 Å². The van der Waals surface area contributed by atoms with E-state index in [0.717, 1.165) is 22.7 Å². The number of para-hydroxylation sites is 4. The summed E-state index contributed by atoms with van der Waals surface area (Å²) in [5.41, 5.74) is 25.2. The van der Waals surface area contributed by atoms with E-state index < -0.39 is 0 Å². The molecule has 6 nitrogen and oxygen atoms in total. The topological polar surface area (TPSA) is 44.5 Å². The van der Waals surface area contributed by atoms with Gasteiger partial charge in [-0.1, -0.05) is 127 Å². The number of nitrogens with zero attached hydrogens (tertiary/aromatic N) is 6. The summed E-state index contributed by atoms with van der Waals surface area (Å²) in [6.07, 6.45) is 0. The van der Waals surface area contributed by atoms with Crippen molar-refractivity contribution in [2.24, 2.45) is 0 Å². The fourth-order valence-electron chi connectivity index (χ4n) is 13.6. The summed E-state index contributed by atoms with van der Waals surface area (Å²) in [6, 6.07) is 56.9. The second-order valence-electron chi connectivity index (χ2n) is 19.4. The van der Waals surface area contributed by atoms with E-state index in [4.69, 9.17) is 9.97 Å². The van der Waals surface area contributed by atoms with Gasteiger partial charge in [-0.3, -0.25) is 9.13 Å². The number of benzene rings is 9. The van der Waals surface area contributed by atoms with Gasteiger partial charge in [0, 0.05) is 65.6 Å². The van der Waals surface area contributed by atoms with Gasteiger partial charge in [-0.05, 0) is 90.6 Å². The summed E-state index contributed by atoms with van der Waals surface area (Å²) in [5.74, 6) is 1.97. The Hall–Kier alpha value is -8.42. The van der Waals surface area contributed by atoms with Gasteiger partial charge >= 0.3 is 0 Å². The lowest BCUT2D eigenvalue weighted by Crippen LogP contribution is -2.59. The van der Waals surface area contributed by atoms with E-state index in [-0.39, 0.29) is 6.71 Å². The maximum absolute atomic E-state index is 5.95. The average molecular weight is 853 g/mol. The van der Waals surface area contributed by atoms with Crippen LogP contribution in [0.5, 0.6) is 0 Å². The molecule has 0 N–H and O–H groups in total. The molecule has 8 heterocycles. The van der Waals surface area contributed by atoms with Crippen LogP contribution in [0.1, 0.15) is 22.3 Å². The molecule has 6 aromatic heterocycles. The van der Waals surface area contributed by atoms with Gasteiger partial charge in [0.2, 0.25) is 0 Å². The standard InChI is InChI=1S/C60H37BN6/c1-30-14-9-15-31(2)48(30)59-62-51-55-40(38-22-11-20-36-34-18-5-7-24-44(34)64(55)53(36)38)28-42-57(51)66(59)46-26-13-27-47-50(46)61(42)43-29-41-39-23-12-21-37-35-19-6-8-25-45(35)65(54(37)39)56(41)52-58(43)67(47)60(63-52)49-32(3)16-10-17-33(49)4/h5-29H,1-4H3. The normalized spacial score (nSPS) is 13.3. The number of aromatic nitrogens is 6. The first kappa shape index (κ1) is 34.9. The maximum atomic E-state index is 5.95. The van der Waals surface area contributed by atoms with Gasteiger partial charge < -0.3 is 8.80 Å². The highest BCUT2D eigenvalue weighted by Gasteiger charge is 2.44. The predicted octanol–water partition coefficient (Wildman–Crippen LogP) is 12.4. The van der Waals surface area contributed by atoms with Crippen molar-refractivity contribution in [2.45, 2.75) is 27.7 Å². The Labute approximate surface area is 383 Å². The molecule has 15 aromatic rings. The molecular formula is C60H37BN6. The minimum absolute atomic E-state index is 0.0938. The van der Waals surface area contributed by atoms with Crippen molar-refractivity contribution in [2.75, 3.05) is 0 Å². The van der Waals surface area contributed by atoms with Crippen molar-refractivity contribution < 1.29 is 0 Å². The van der Waals surface area contributed by atoms with Crippen LogP contribution in [-0.2, 0) is 0 Å². The fourth-order valence-corrected chi connectivity index (χ4v) is 13.6. The number of aryl methyl sites for hydroxylation is 4. The number of fused-ring (bicyclic) bond motifs is 18. The third-order valence-corrected chi connectivity index (χ3v) is 16.1. The molecule has 7 heteroatoms. The molecular weight excluding hydrogens is 816 g/mol. The van der Waals surface area contributed by atoms with E-state index >= 15 is 0 Å². The van der Waals surface area contributed by atoms with Crippen molar-refractivity contribution in [1.82, 2.24) is 27.9 Å². The molecule has 0 aliphatic carbocycles. The van der Waals surface area contributed by atoms with Crippen LogP contribution in [0.25, 0.3) is 132 Å². The molecule has 0 amide bonds. The zero-order chi connectivity index (χ0) is 43.9. The molecule has 0 spiro atoms. The zero-order valence-corrected chi connectivity index (χ0v) is 37.2. The summed E-state index contributed by atoms with van der Waals surface area (Å²) in [4.78, 5) is 11.9. The number of rotatable bonds is 2. The molecule has 0 saturated carbocycles. The third kappa shape index (κ3) is 3.83. The predicted molar refractivity (Wildman–Crippen MR) is 279 cm³/mol. The monoisotopic (exact) mass is 852 g/mol. The molecule has 0 bridgehead atoms. The molecule has 0 fully saturated rings. The fraction of sp³-hybridized carbons (Fsp3) is 0.0667. The SMILES string of the molecule is Cc1cccc(C)c1-c1nc2c3c(cc4c5cccc6c7ccccc7n(c65)c42)B2c4c(cccc4-n4c(-c5c(C)cccc5C)nc5c4c2cc2c4cccc6c7ccccc7n(c64)c25)-n13. The zero-order valence-electron chi connectivity index (χ0n) is 37.2. The first-order chi connectivity index (χ1) is 33.0. The van der Waals surface area contributed by atoms with Crippen LogP contribution in [0, 0.1) is 27.7 Å². The lowest BCUT2D eigenvalue weighted by molar-refractivity contribution is 1.07. The molecule has 0 saturated heterocycles. The second kappa shape index (κ2) is 11.5. The Morgan fingerprint density at radius 2 is 0.731 bits per heavy atom. The minimum atomic E-state index is -0.0938. The molecule has 2 aliphatic heterocycles. The Balaban J connectivity index is 1.12. The van der Waals surface area contributed by atoms with E-state index in [0.29, 0.717) is 0 Å². The van der Waals surface area contributed by atoms with Gasteiger partial charge in [-0.25, -0.2) is 9.97 Å². The highest BCUT2D eigenvalue weighted by molar-refractivity contribution is 7.00. The van der Waals surface area contributed by atoms with E-state index in [1.807, 2.05) is 0 Å². The van der Waals surface area contributed by atoms with Crippen LogP contribution < -0.4 is 16.4 Å². The quantitative estimate of drug-likeness (QED) is 0.163. The second-order valence-corrected chi connectivity index (χ2v) is 19.4. The van der Waals surface area contributed by atoms with Crippen molar-refractivity contribution in [3.8, 4) is 34.2 Å². The lowest BCUT2D eigenvalue weighted by Gasteiger charge is -2.34. The average Bonchev–Trinajstić information content (AvgIpc) is 4.19. The summed E-state index contributed by atoms with van der Waals surface area (Å²) in [7, 11) is 0. The lowest BCUT2D eigenvalue weighted by atomic mass is 9.34. The van der Waals surface area contributed by atoms with Crippen LogP contribution in [0.4, 0.5) is 0 Å². The molecule has 9 aromatic carbocycles. The summed E-state index contributed by atoms with van der Waals surface area (Å²) < 4.78 is 10.1. The van der Waals surface area contributed by atoms with Crippen molar-refractivity contribution >= 4 is 121 Å². The van der Waals surface area contributed by atoms with E-state index in [1.54, 1.807) is 0 Å². The van der Waals surface area contributed by atoms with Gasteiger partial charge in [-0.15, -0.1) is 0 Å². The molecule has 310 valence electrons. The van der Waals surface area contributed by atoms with Crippen LogP contribution >= 0.6 is 0 Å². The summed E-state index contributed by atoms with van der Waals surface area (Å²) >= 11 is 0. The van der Waals surface area contributed by atoms with Gasteiger partial charge in [0.25, 0.3) is 6.71 Å². The van der Waals surface area contributed by atoms with Gasteiger partial charge in [0.15, 0.2) is 0 Å². The Bertz CT molecular complexity index is 4460. The molecule has 0 unspecified atom stereocenters. The Morgan fingerprint density at radius 1 is 0.358 bits per heavy atom. The molecule has 17 rings (SSSR count). The van der Waals surface area contributed by atoms with E-state index in [2.05, 4.69) is 197 Å². The van der Waals surface area contributed by atoms with Crippen LogP contribution in [0.15, 0.2) is 152 Å². The largest absolute Gasteiger partial charge is 0.306 e. The Morgan fingerprint density at radius 3 is 1.18 bits per heavy atom. The van der Waals surface area contributed by atoms with Gasteiger partial charge in [-0.2, -0.15) is 0 Å². The number of imidazole rings is 2. The van der Waals surface area contributed by atoms with E-state index in [9.17, 15) is 0 Å². The summed E-state index contributed by atoms with van der Waals surface area (Å²) in [6.45, 7) is 8.85. The Kier molecular flexibility index (Phi) is 6.00. The van der Waals surface area contributed by atoms with Gasteiger partial charge in [0.05, 0.1) is 44.1 Å². The smallest absolute Gasteiger partial charge is 0.252 e. The highest BCUT2D eigenvalue weighted by Crippen LogP contribution is 2.47. The molecule has 0 radical (unpaired) electrons. The maximum Gasteiger partial charge on any atom is 0.252 e. The molecule has 0 atom stereocenters. The first-order valence-corrected chi connectivity index (χ1v) is 23.5. The first-order valence-electron chi connectivity index (χ1n) is 23.5. The van der Waals surface area contributed by atoms with Crippen molar-refractivity contribution in [3.05, 3.63) is 174 Å². The van der Waals surface area contributed by atoms with Gasteiger partial charge in [0.1, 0.15) is 22.7 Å². The molecule has 2 aliphatic rings.